The van der Waals surface area contributed by atoms with Gasteiger partial charge in [-0.25, -0.2) is 0 Å². The Morgan fingerprint density at radius 3 is 2.36 bits per heavy atom. The second-order valence-electron chi connectivity index (χ2n) is 9.12. The summed E-state index contributed by atoms with van der Waals surface area (Å²) in [6.45, 7) is 5.27. The van der Waals surface area contributed by atoms with E-state index in [-0.39, 0.29) is 23.4 Å². The molecule has 4 fully saturated rings. The van der Waals surface area contributed by atoms with Gasteiger partial charge in [0.2, 0.25) is 0 Å². The molecule has 22 heavy (non-hydrogen) atoms. The van der Waals surface area contributed by atoms with Gasteiger partial charge in [0, 0.05) is 25.0 Å². The van der Waals surface area contributed by atoms with Crippen molar-refractivity contribution in [3.05, 3.63) is 0 Å². The van der Waals surface area contributed by atoms with Crippen LogP contribution >= 0.6 is 0 Å². The van der Waals surface area contributed by atoms with Gasteiger partial charge in [0.15, 0.2) is 0 Å². The van der Waals surface area contributed by atoms with Crippen LogP contribution in [0, 0.1) is 34.0 Å². The quantitative estimate of drug-likeness (QED) is 0.842. The van der Waals surface area contributed by atoms with Gasteiger partial charge >= 0.3 is 0 Å². The van der Waals surface area contributed by atoms with Crippen molar-refractivity contribution in [2.75, 3.05) is 20.3 Å². The van der Waals surface area contributed by atoms with Crippen molar-refractivity contribution in [1.29, 1.82) is 0 Å². The number of rotatable bonds is 3. The van der Waals surface area contributed by atoms with Gasteiger partial charge in [-0.3, -0.25) is 0 Å². The number of hydrogen-bond donors (Lipinski definition) is 2. The molecule has 0 heterocycles. The topological polar surface area (TPSA) is 49.7 Å². The average Bonchev–Trinajstić information content (AvgIpc) is 3.05. The Bertz CT molecular complexity index is 471. The van der Waals surface area contributed by atoms with Gasteiger partial charge in [0.25, 0.3) is 0 Å². The van der Waals surface area contributed by atoms with Crippen LogP contribution in [0.1, 0.15) is 58.8 Å². The molecule has 4 aliphatic carbocycles. The summed E-state index contributed by atoms with van der Waals surface area (Å²) >= 11 is 0. The summed E-state index contributed by atoms with van der Waals surface area (Å²) in [4.78, 5) is 0. The van der Waals surface area contributed by atoms with E-state index in [1.165, 1.54) is 44.9 Å². The standard InChI is InChI=1S/C19H32O3/c1-16-13-6-9-18(7-4-5-8-18)17(16,2)14(10-13)15(11-20)19(16,21)12-22-3/h13-15,20-21H,4-12H2,1-3H3/t13-,14+,15-,16+,17+,19-/m1/s1. The van der Waals surface area contributed by atoms with E-state index < -0.39 is 5.60 Å². The molecule has 4 saturated carbocycles. The zero-order valence-electron chi connectivity index (χ0n) is 14.4. The lowest BCUT2D eigenvalue weighted by Gasteiger charge is -2.61. The van der Waals surface area contributed by atoms with Gasteiger partial charge in [-0.2, -0.15) is 0 Å². The van der Waals surface area contributed by atoms with E-state index in [9.17, 15) is 10.2 Å². The average molecular weight is 308 g/mol. The first-order valence-corrected chi connectivity index (χ1v) is 9.23. The first-order chi connectivity index (χ1) is 10.4. The van der Waals surface area contributed by atoms with Crippen molar-refractivity contribution in [2.45, 2.75) is 64.4 Å². The number of ether oxygens (including phenoxy) is 1. The van der Waals surface area contributed by atoms with Crippen molar-refractivity contribution < 1.29 is 14.9 Å². The predicted octanol–water partition coefficient (Wildman–Crippen LogP) is 2.99. The number of hydrogen-bond acceptors (Lipinski definition) is 3. The first kappa shape index (κ1) is 15.4. The minimum absolute atomic E-state index is 0.0192. The van der Waals surface area contributed by atoms with Crippen LogP contribution in [0.25, 0.3) is 0 Å². The van der Waals surface area contributed by atoms with E-state index in [4.69, 9.17) is 4.74 Å². The Kier molecular flexibility index (Phi) is 3.14. The highest BCUT2D eigenvalue weighted by Crippen LogP contribution is 2.84. The third-order valence-electron chi connectivity index (χ3n) is 9.37. The van der Waals surface area contributed by atoms with Crippen molar-refractivity contribution in [2.24, 2.45) is 34.0 Å². The molecule has 0 amide bonds. The van der Waals surface area contributed by atoms with Crippen LogP contribution in [-0.4, -0.2) is 36.1 Å². The van der Waals surface area contributed by atoms with Gasteiger partial charge < -0.3 is 14.9 Å². The summed E-state index contributed by atoms with van der Waals surface area (Å²) in [6.07, 6.45) is 9.12. The molecule has 0 aliphatic heterocycles. The number of aliphatic hydroxyl groups is 2. The molecule has 126 valence electrons. The first-order valence-electron chi connectivity index (χ1n) is 9.23. The van der Waals surface area contributed by atoms with Crippen LogP contribution < -0.4 is 0 Å². The molecular weight excluding hydrogens is 276 g/mol. The minimum Gasteiger partial charge on any atom is -0.396 e. The molecule has 0 saturated heterocycles. The lowest BCUT2D eigenvalue weighted by Crippen LogP contribution is -2.62. The zero-order valence-corrected chi connectivity index (χ0v) is 14.4. The highest BCUT2D eigenvalue weighted by Gasteiger charge is 2.83. The van der Waals surface area contributed by atoms with Gasteiger partial charge in [-0.15, -0.1) is 0 Å². The SMILES string of the molecule is COC[C@@]1(O)[C@H](CO)[C@@H]2C[C@H]3CCC4(CCCC4)[C@]2(C)[C@]31C. The molecule has 0 aromatic rings. The van der Waals surface area contributed by atoms with Crippen molar-refractivity contribution in [3.63, 3.8) is 0 Å². The molecule has 0 radical (unpaired) electrons. The Hall–Kier alpha value is -0.120. The van der Waals surface area contributed by atoms with Crippen LogP contribution in [0.15, 0.2) is 0 Å². The second-order valence-corrected chi connectivity index (χ2v) is 9.12. The number of methoxy groups -OCH3 is 1. The fourth-order valence-electron chi connectivity index (χ4n) is 8.31. The lowest BCUT2D eigenvalue weighted by molar-refractivity contribution is -0.211. The number of aliphatic hydroxyl groups excluding tert-OH is 1. The van der Waals surface area contributed by atoms with Gasteiger partial charge in [0.05, 0.1) is 12.2 Å². The van der Waals surface area contributed by atoms with E-state index >= 15 is 0 Å². The van der Waals surface area contributed by atoms with E-state index in [1.54, 1.807) is 7.11 Å². The normalized spacial score (nSPS) is 55.2. The second kappa shape index (κ2) is 4.49. The van der Waals surface area contributed by atoms with Gasteiger partial charge in [0.1, 0.15) is 0 Å². The Labute approximate surface area is 134 Å². The van der Waals surface area contributed by atoms with Crippen molar-refractivity contribution >= 4 is 0 Å². The summed E-state index contributed by atoms with van der Waals surface area (Å²) in [5.74, 6) is 1.03. The third kappa shape index (κ3) is 1.30. The van der Waals surface area contributed by atoms with E-state index in [0.717, 1.165) is 0 Å². The van der Waals surface area contributed by atoms with Gasteiger partial charge in [-0.05, 0) is 54.8 Å². The summed E-state index contributed by atoms with van der Waals surface area (Å²) in [5, 5.41) is 21.8. The molecule has 0 aromatic heterocycles. The highest BCUT2D eigenvalue weighted by atomic mass is 16.5. The van der Waals surface area contributed by atoms with Crippen LogP contribution in [-0.2, 0) is 4.74 Å². The Morgan fingerprint density at radius 2 is 1.77 bits per heavy atom. The molecule has 4 rings (SSSR count). The molecule has 3 heteroatoms. The highest BCUT2D eigenvalue weighted by molar-refractivity contribution is 5.31. The predicted molar refractivity (Wildman–Crippen MR) is 85.3 cm³/mol. The summed E-state index contributed by atoms with van der Waals surface area (Å²) in [6, 6.07) is 0. The summed E-state index contributed by atoms with van der Waals surface area (Å²) in [5.41, 5.74) is -0.434. The molecule has 2 N–H and O–H groups in total. The maximum Gasteiger partial charge on any atom is 0.0993 e. The fourth-order valence-corrected chi connectivity index (χ4v) is 8.31. The lowest BCUT2D eigenvalue weighted by atomic mass is 9.44. The van der Waals surface area contributed by atoms with Crippen LogP contribution in [0.5, 0.6) is 0 Å². The van der Waals surface area contributed by atoms with E-state index in [2.05, 4.69) is 13.8 Å². The Morgan fingerprint density at radius 1 is 1.09 bits per heavy atom. The van der Waals surface area contributed by atoms with Crippen molar-refractivity contribution in [1.82, 2.24) is 0 Å². The van der Waals surface area contributed by atoms with E-state index in [1.807, 2.05) is 0 Å². The molecule has 1 spiro atoms. The molecule has 0 unspecified atom stereocenters. The largest absolute Gasteiger partial charge is 0.396 e. The smallest absolute Gasteiger partial charge is 0.0993 e. The maximum absolute atomic E-state index is 11.7. The molecular formula is C19H32O3. The van der Waals surface area contributed by atoms with Crippen LogP contribution in [0.2, 0.25) is 0 Å². The fraction of sp³-hybridized carbons (Fsp3) is 1.00. The molecule has 6 atom stereocenters. The van der Waals surface area contributed by atoms with Crippen LogP contribution in [0.4, 0.5) is 0 Å². The minimum atomic E-state index is -0.866. The van der Waals surface area contributed by atoms with Crippen molar-refractivity contribution in [3.8, 4) is 0 Å². The maximum atomic E-state index is 11.7. The summed E-state index contributed by atoms with van der Waals surface area (Å²) < 4.78 is 5.48. The summed E-state index contributed by atoms with van der Waals surface area (Å²) in [7, 11) is 1.69. The molecule has 4 aliphatic rings. The third-order valence-corrected chi connectivity index (χ3v) is 9.37. The van der Waals surface area contributed by atoms with E-state index in [0.29, 0.717) is 23.9 Å². The van der Waals surface area contributed by atoms with Crippen LogP contribution in [0.3, 0.4) is 0 Å². The zero-order chi connectivity index (χ0) is 15.8. The Balaban J connectivity index is 1.90. The molecule has 3 nitrogen and oxygen atoms in total. The van der Waals surface area contributed by atoms with Gasteiger partial charge in [-0.1, -0.05) is 26.7 Å². The molecule has 0 aromatic carbocycles. The monoisotopic (exact) mass is 308 g/mol. The molecule has 4 bridgehead atoms.